The van der Waals surface area contributed by atoms with Gasteiger partial charge in [-0.3, -0.25) is 4.90 Å². The number of amides is 1. The molecule has 1 saturated heterocycles. The molecule has 0 aromatic heterocycles. The van der Waals surface area contributed by atoms with Crippen LogP contribution in [0.25, 0.3) is 0 Å². The highest BCUT2D eigenvalue weighted by atomic mass is 16.7. The van der Waals surface area contributed by atoms with Gasteiger partial charge >= 0.3 is 12.1 Å². The number of piperidine rings is 1. The van der Waals surface area contributed by atoms with Gasteiger partial charge in [0.15, 0.2) is 6.29 Å². The summed E-state index contributed by atoms with van der Waals surface area (Å²) < 4.78 is 15.8. The van der Waals surface area contributed by atoms with E-state index in [-0.39, 0.29) is 12.6 Å². The van der Waals surface area contributed by atoms with Gasteiger partial charge in [-0.1, -0.05) is 30.3 Å². The fraction of sp³-hybridized carbons (Fsp3) is 0.556. The summed E-state index contributed by atoms with van der Waals surface area (Å²) in [6.07, 6.45) is 1.11. The molecule has 1 aliphatic rings. The summed E-state index contributed by atoms with van der Waals surface area (Å²) >= 11 is 0. The molecule has 0 aliphatic carbocycles. The van der Waals surface area contributed by atoms with Crippen LogP contribution in [-0.2, 0) is 25.6 Å². The normalized spacial score (nSPS) is 20.5. The Kier molecular flexibility index (Phi) is 7.21. The van der Waals surface area contributed by atoms with E-state index in [4.69, 9.17) is 14.2 Å². The molecule has 0 bridgehead atoms. The fourth-order valence-electron chi connectivity index (χ4n) is 3.13. The molecule has 0 saturated carbocycles. The van der Waals surface area contributed by atoms with E-state index >= 15 is 0 Å². The molecule has 1 amide bonds. The highest BCUT2D eigenvalue weighted by molar-refractivity contribution is 5.80. The van der Waals surface area contributed by atoms with Gasteiger partial charge < -0.3 is 19.3 Å². The number of benzene rings is 1. The molecule has 1 N–H and O–H groups in total. The molecule has 1 heterocycles. The fourth-order valence-corrected chi connectivity index (χ4v) is 3.13. The van der Waals surface area contributed by atoms with Crippen molar-refractivity contribution >= 4 is 12.1 Å². The van der Waals surface area contributed by atoms with E-state index in [0.717, 1.165) is 12.0 Å². The van der Waals surface area contributed by atoms with Gasteiger partial charge in [0.25, 0.3) is 0 Å². The van der Waals surface area contributed by atoms with Gasteiger partial charge in [-0.05, 0) is 24.8 Å². The van der Waals surface area contributed by atoms with E-state index < -0.39 is 24.4 Å². The SMILES string of the molecule is COC(CC1CCCC(C(=O)O)N1C(=O)OCc1ccccc1)OC. The molecule has 2 rings (SSSR count). The van der Waals surface area contributed by atoms with Crippen molar-refractivity contribution in [3.8, 4) is 0 Å². The Bertz CT molecular complexity index is 560. The summed E-state index contributed by atoms with van der Waals surface area (Å²) in [5, 5.41) is 9.50. The molecule has 1 aliphatic heterocycles. The minimum atomic E-state index is -1.02. The van der Waals surface area contributed by atoms with Crippen LogP contribution in [-0.4, -0.2) is 54.7 Å². The number of hydrogen-bond acceptors (Lipinski definition) is 5. The van der Waals surface area contributed by atoms with Crippen LogP contribution < -0.4 is 0 Å². The Labute approximate surface area is 147 Å². The summed E-state index contributed by atoms with van der Waals surface area (Å²) in [6, 6.07) is 8.09. The lowest BCUT2D eigenvalue weighted by Gasteiger charge is -2.40. The Morgan fingerprint density at radius 3 is 2.48 bits per heavy atom. The average molecular weight is 351 g/mol. The van der Waals surface area contributed by atoms with Crippen LogP contribution in [0, 0.1) is 0 Å². The zero-order valence-corrected chi connectivity index (χ0v) is 14.6. The first-order valence-electron chi connectivity index (χ1n) is 8.34. The molecule has 0 spiro atoms. The Hall–Kier alpha value is -2.12. The van der Waals surface area contributed by atoms with Crippen LogP contribution in [0.2, 0.25) is 0 Å². The Morgan fingerprint density at radius 1 is 1.20 bits per heavy atom. The zero-order valence-electron chi connectivity index (χ0n) is 14.6. The predicted molar refractivity (Wildman–Crippen MR) is 90.0 cm³/mol. The first kappa shape index (κ1) is 19.2. The number of ether oxygens (including phenoxy) is 3. The number of methoxy groups -OCH3 is 2. The van der Waals surface area contributed by atoms with E-state index in [2.05, 4.69) is 0 Å². The second-order valence-electron chi connectivity index (χ2n) is 6.02. The second-order valence-corrected chi connectivity index (χ2v) is 6.02. The third-order valence-corrected chi connectivity index (χ3v) is 4.44. The van der Waals surface area contributed by atoms with Crippen LogP contribution >= 0.6 is 0 Å². The number of carboxylic acids is 1. The molecule has 7 nitrogen and oxygen atoms in total. The smallest absolute Gasteiger partial charge is 0.411 e. The van der Waals surface area contributed by atoms with Crippen molar-refractivity contribution < 1.29 is 28.9 Å². The molecule has 1 aromatic carbocycles. The van der Waals surface area contributed by atoms with Crippen molar-refractivity contribution in [3.05, 3.63) is 35.9 Å². The number of rotatable bonds is 7. The monoisotopic (exact) mass is 351 g/mol. The molecule has 1 aromatic rings. The van der Waals surface area contributed by atoms with Crippen LogP contribution in [0.15, 0.2) is 30.3 Å². The molecule has 7 heteroatoms. The number of likely N-dealkylation sites (tertiary alicyclic amines) is 1. The van der Waals surface area contributed by atoms with Gasteiger partial charge in [0.05, 0.1) is 0 Å². The Morgan fingerprint density at radius 2 is 1.88 bits per heavy atom. The minimum absolute atomic E-state index is 0.104. The van der Waals surface area contributed by atoms with Crippen molar-refractivity contribution in [1.29, 1.82) is 0 Å². The van der Waals surface area contributed by atoms with Gasteiger partial charge in [0.1, 0.15) is 12.6 Å². The average Bonchev–Trinajstić information content (AvgIpc) is 2.64. The molecule has 2 atom stereocenters. The van der Waals surface area contributed by atoms with Crippen LogP contribution in [0.5, 0.6) is 0 Å². The van der Waals surface area contributed by atoms with Gasteiger partial charge in [-0.15, -0.1) is 0 Å². The number of carboxylic acid groups (broad SMARTS) is 1. The molecular weight excluding hydrogens is 326 g/mol. The lowest BCUT2D eigenvalue weighted by atomic mass is 9.94. The number of carbonyl (C=O) groups is 2. The molecule has 138 valence electrons. The van der Waals surface area contributed by atoms with Gasteiger partial charge in [-0.2, -0.15) is 0 Å². The number of aliphatic carboxylic acids is 1. The first-order chi connectivity index (χ1) is 12.1. The summed E-state index contributed by atoms with van der Waals surface area (Å²) in [5.74, 6) is -1.02. The van der Waals surface area contributed by atoms with E-state index in [1.54, 1.807) is 0 Å². The van der Waals surface area contributed by atoms with Gasteiger partial charge in [0.2, 0.25) is 0 Å². The van der Waals surface area contributed by atoms with Crippen LogP contribution in [0.1, 0.15) is 31.2 Å². The summed E-state index contributed by atoms with van der Waals surface area (Å²) in [7, 11) is 3.04. The van der Waals surface area contributed by atoms with Crippen molar-refractivity contribution in [3.63, 3.8) is 0 Å². The van der Waals surface area contributed by atoms with Crippen molar-refractivity contribution in [2.24, 2.45) is 0 Å². The minimum Gasteiger partial charge on any atom is -0.480 e. The maximum Gasteiger partial charge on any atom is 0.411 e. The molecule has 0 radical (unpaired) electrons. The number of nitrogens with zero attached hydrogens (tertiary/aromatic N) is 1. The third-order valence-electron chi connectivity index (χ3n) is 4.44. The topological polar surface area (TPSA) is 85.3 Å². The van der Waals surface area contributed by atoms with E-state index in [1.807, 2.05) is 30.3 Å². The molecule has 1 fully saturated rings. The lowest BCUT2D eigenvalue weighted by Crippen LogP contribution is -2.54. The quantitative estimate of drug-likeness (QED) is 0.760. The van der Waals surface area contributed by atoms with Crippen LogP contribution in [0.3, 0.4) is 0 Å². The second kappa shape index (κ2) is 9.39. The third kappa shape index (κ3) is 5.17. The highest BCUT2D eigenvalue weighted by Crippen LogP contribution is 2.28. The van der Waals surface area contributed by atoms with E-state index in [9.17, 15) is 14.7 Å². The summed E-state index contributed by atoms with van der Waals surface area (Å²) in [5.41, 5.74) is 0.850. The van der Waals surface area contributed by atoms with Crippen molar-refractivity contribution in [2.75, 3.05) is 14.2 Å². The predicted octanol–water partition coefficient (Wildman–Crippen LogP) is 2.64. The lowest BCUT2D eigenvalue weighted by molar-refractivity contribution is -0.149. The standard InChI is InChI=1S/C18H25NO6/c1-23-16(24-2)11-14-9-6-10-15(17(20)21)19(14)18(22)25-12-13-7-4-3-5-8-13/h3-5,7-8,14-16H,6,9-12H2,1-2H3,(H,20,21). The van der Waals surface area contributed by atoms with Crippen molar-refractivity contribution in [2.45, 2.75) is 50.7 Å². The van der Waals surface area contributed by atoms with Crippen molar-refractivity contribution in [1.82, 2.24) is 4.90 Å². The zero-order chi connectivity index (χ0) is 18.2. The van der Waals surface area contributed by atoms with E-state index in [1.165, 1.54) is 19.1 Å². The maximum absolute atomic E-state index is 12.6. The molecule has 25 heavy (non-hydrogen) atoms. The van der Waals surface area contributed by atoms with Crippen LogP contribution in [0.4, 0.5) is 4.79 Å². The molecule has 2 unspecified atom stereocenters. The number of hydrogen-bond donors (Lipinski definition) is 1. The maximum atomic E-state index is 12.6. The largest absolute Gasteiger partial charge is 0.480 e. The van der Waals surface area contributed by atoms with Gasteiger partial charge in [0, 0.05) is 26.7 Å². The molecular formula is C18H25NO6. The summed E-state index contributed by atoms with van der Waals surface area (Å²) in [4.78, 5) is 25.5. The van der Waals surface area contributed by atoms with Gasteiger partial charge in [-0.25, -0.2) is 9.59 Å². The Balaban J connectivity index is 2.09. The number of carbonyl (C=O) groups excluding carboxylic acids is 1. The summed E-state index contributed by atoms with van der Waals surface area (Å²) in [6.45, 7) is 0.104. The first-order valence-corrected chi connectivity index (χ1v) is 8.34. The highest BCUT2D eigenvalue weighted by Gasteiger charge is 2.40. The van der Waals surface area contributed by atoms with E-state index in [0.29, 0.717) is 19.3 Å².